The van der Waals surface area contributed by atoms with Gasteiger partial charge in [0.15, 0.2) is 11.6 Å². The highest BCUT2D eigenvalue weighted by Gasteiger charge is 2.15. The number of nitrogens with one attached hydrogen (secondary N) is 1. The molecule has 1 aliphatic rings. The van der Waals surface area contributed by atoms with Crippen LogP contribution in [-0.2, 0) is 4.74 Å². The molecule has 1 fully saturated rings. The van der Waals surface area contributed by atoms with E-state index in [1.54, 1.807) is 7.11 Å². The second-order valence-electron chi connectivity index (χ2n) is 4.08. The third kappa shape index (κ3) is 2.97. The fourth-order valence-corrected chi connectivity index (χ4v) is 1.91. The lowest BCUT2D eigenvalue weighted by atomic mass is 10.0. The topological polar surface area (TPSA) is 82.3 Å². The van der Waals surface area contributed by atoms with Crippen LogP contribution in [0.15, 0.2) is 6.33 Å². The predicted molar refractivity (Wildman–Crippen MR) is 65.0 cm³/mol. The molecule has 6 heteroatoms. The van der Waals surface area contributed by atoms with Crippen molar-refractivity contribution in [2.75, 3.05) is 37.9 Å². The number of nitrogens with zero attached hydrogens (tertiary/aromatic N) is 2. The number of nitrogens with two attached hydrogens (primary N) is 1. The first-order valence-electron chi connectivity index (χ1n) is 5.77. The molecule has 6 nitrogen and oxygen atoms in total. The second kappa shape index (κ2) is 5.67. The summed E-state index contributed by atoms with van der Waals surface area (Å²) < 4.78 is 10.5. The van der Waals surface area contributed by atoms with Crippen LogP contribution in [0.5, 0.6) is 5.75 Å². The molecular formula is C11H18N4O2. The summed E-state index contributed by atoms with van der Waals surface area (Å²) in [6, 6.07) is 0. The van der Waals surface area contributed by atoms with Crippen molar-refractivity contribution >= 4 is 11.6 Å². The van der Waals surface area contributed by atoms with Crippen molar-refractivity contribution in [3.8, 4) is 5.75 Å². The summed E-state index contributed by atoms with van der Waals surface area (Å²) in [5, 5.41) is 3.26. The zero-order valence-corrected chi connectivity index (χ0v) is 9.98. The number of hydrogen-bond acceptors (Lipinski definition) is 6. The van der Waals surface area contributed by atoms with E-state index in [0.29, 0.717) is 23.3 Å². The molecule has 0 unspecified atom stereocenters. The maximum absolute atomic E-state index is 5.70. The molecule has 0 radical (unpaired) electrons. The first-order valence-corrected chi connectivity index (χ1v) is 5.77. The Labute approximate surface area is 101 Å². The van der Waals surface area contributed by atoms with Crippen molar-refractivity contribution in [1.29, 1.82) is 0 Å². The first kappa shape index (κ1) is 11.9. The van der Waals surface area contributed by atoms with Gasteiger partial charge >= 0.3 is 0 Å². The highest BCUT2D eigenvalue weighted by molar-refractivity contribution is 5.61. The van der Waals surface area contributed by atoms with Crippen LogP contribution in [0.2, 0.25) is 0 Å². The Hall–Kier alpha value is -1.56. The van der Waals surface area contributed by atoms with Crippen molar-refractivity contribution in [1.82, 2.24) is 9.97 Å². The van der Waals surface area contributed by atoms with Crippen LogP contribution >= 0.6 is 0 Å². The van der Waals surface area contributed by atoms with Gasteiger partial charge < -0.3 is 20.5 Å². The molecule has 2 rings (SSSR count). The SMILES string of the molecule is COc1c(N)ncnc1NCC1CCOCC1. The van der Waals surface area contributed by atoms with Gasteiger partial charge in [-0.05, 0) is 18.8 Å². The quantitative estimate of drug-likeness (QED) is 0.811. The Bertz CT molecular complexity index is 366. The Kier molecular flexibility index (Phi) is 3.98. The molecule has 3 N–H and O–H groups in total. The van der Waals surface area contributed by atoms with E-state index >= 15 is 0 Å². The van der Waals surface area contributed by atoms with Crippen LogP contribution in [0, 0.1) is 5.92 Å². The Morgan fingerprint density at radius 3 is 2.94 bits per heavy atom. The third-order valence-corrected chi connectivity index (χ3v) is 2.93. The number of hydrogen-bond donors (Lipinski definition) is 2. The van der Waals surface area contributed by atoms with Gasteiger partial charge in [-0.3, -0.25) is 0 Å². The normalized spacial score (nSPS) is 16.8. The Morgan fingerprint density at radius 2 is 2.24 bits per heavy atom. The molecule has 0 aromatic carbocycles. The minimum atomic E-state index is 0.358. The number of nitrogen functional groups attached to an aromatic ring is 1. The van der Waals surface area contributed by atoms with Crippen molar-refractivity contribution in [2.45, 2.75) is 12.8 Å². The molecule has 0 bridgehead atoms. The number of rotatable bonds is 4. The van der Waals surface area contributed by atoms with E-state index in [1.165, 1.54) is 6.33 Å². The van der Waals surface area contributed by atoms with Crippen molar-refractivity contribution in [2.24, 2.45) is 5.92 Å². The monoisotopic (exact) mass is 238 g/mol. The van der Waals surface area contributed by atoms with Crippen LogP contribution < -0.4 is 15.8 Å². The molecule has 1 aromatic rings. The standard InChI is InChI=1S/C11H18N4O2/c1-16-9-10(12)14-7-15-11(9)13-6-8-2-4-17-5-3-8/h7-8H,2-6H2,1H3,(H3,12,13,14,15). The molecule has 0 amide bonds. The molecule has 0 saturated carbocycles. The van der Waals surface area contributed by atoms with Gasteiger partial charge in [0.1, 0.15) is 6.33 Å². The summed E-state index contributed by atoms with van der Waals surface area (Å²) in [5.41, 5.74) is 5.70. The van der Waals surface area contributed by atoms with Crippen molar-refractivity contribution < 1.29 is 9.47 Å². The average molecular weight is 238 g/mol. The van der Waals surface area contributed by atoms with Crippen LogP contribution in [-0.4, -0.2) is 36.8 Å². The van der Waals surface area contributed by atoms with Gasteiger partial charge in [-0.2, -0.15) is 0 Å². The molecule has 1 aromatic heterocycles. The highest BCUT2D eigenvalue weighted by Crippen LogP contribution is 2.27. The zero-order valence-electron chi connectivity index (χ0n) is 9.98. The first-order chi connectivity index (χ1) is 8.31. The number of anilines is 2. The predicted octanol–water partition coefficient (Wildman–Crippen LogP) is 0.906. The van der Waals surface area contributed by atoms with Crippen LogP contribution in [0.25, 0.3) is 0 Å². The molecule has 0 spiro atoms. The van der Waals surface area contributed by atoms with E-state index in [4.69, 9.17) is 15.2 Å². The average Bonchev–Trinajstić information content (AvgIpc) is 2.37. The fraction of sp³-hybridized carbons (Fsp3) is 0.636. The smallest absolute Gasteiger partial charge is 0.203 e. The summed E-state index contributed by atoms with van der Waals surface area (Å²) >= 11 is 0. The summed E-state index contributed by atoms with van der Waals surface area (Å²) in [7, 11) is 1.56. The van der Waals surface area contributed by atoms with E-state index in [9.17, 15) is 0 Å². The minimum absolute atomic E-state index is 0.358. The van der Waals surface area contributed by atoms with Crippen LogP contribution in [0.1, 0.15) is 12.8 Å². The molecule has 94 valence electrons. The lowest BCUT2D eigenvalue weighted by molar-refractivity contribution is 0.0699. The second-order valence-corrected chi connectivity index (χ2v) is 4.08. The lowest BCUT2D eigenvalue weighted by Crippen LogP contribution is -2.23. The lowest BCUT2D eigenvalue weighted by Gasteiger charge is -2.22. The minimum Gasteiger partial charge on any atom is -0.490 e. The van der Waals surface area contributed by atoms with E-state index in [1.807, 2.05) is 0 Å². The maximum Gasteiger partial charge on any atom is 0.203 e. The van der Waals surface area contributed by atoms with Crippen molar-refractivity contribution in [3.63, 3.8) is 0 Å². The van der Waals surface area contributed by atoms with Gasteiger partial charge in [0.05, 0.1) is 7.11 Å². The van der Waals surface area contributed by atoms with Gasteiger partial charge in [0.2, 0.25) is 5.75 Å². The molecular weight excluding hydrogens is 220 g/mol. The Morgan fingerprint density at radius 1 is 1.47 bits per heavy atom. The maximum atomic E-state index is 5.70. The van der Waals surface area contributed by atoms with E-state index in [0.717, 1.165) is 32.6 Å². The summed E-state index contributed by atoms with van der Waals surface area (Å²) in [6.07, 6.45) is 3.59. The van der Waals surface area contributed by atoms with Crippen LogP contribution in [0.4, 0.5) is 11.6 Å². The van der Waals surface area contributed by atoms with E-state index < -0.39 is 0 Å². The largest absolute Gasteiger partial charge is 0.490 e. The van der Waals surface area contributed by atoms with Crippen LogP contribution in [0.3, 0.4) is 0 Å². The molecule has 17 heavy (non-hydrogen) atoms. The van der Waals surface area contributed by atoms with Gasteiger partial charge in [-0.25, -0.2) is 9.97 Å². The number of methoxy groups -OCH3 is 1. The molecule has 1 saturated heterocycles. The summed E-state index contributed by atoms with van der Waals surface area (Å²) in [4.78, 5) is 8.02. The Balaban J connectivity index is 1.95. The summed E-state index contributed by atoms with van der Waals surface area (Å²) in [5.74, 6) is 2.15. The molecule has 0 aliphatic carbocycles. The zero-order chi connectivity index (χ0) is 12.1. The van der Waals surface area contributed by atoms with Gasteiger partial charge in [0.25, 0.3) is 0 Å². The van der Waals surface area contributed by atoms with E-state index in [-0.39, 0.29) is 0 Å². The van der Waals surface area contributed by atoms with E-state index in [2.05, 4.69) is 15.3 Å². The summed E-state index contributed by atoms with van der Waals surface area (Å²) in [6.45, 7) is 2.54. The number of ether oxygens (including phenoxy) is 2. The highest BCUT2D eigenvalue weighted by atomic mass is 16.5. The van der Waals surface area contributed by atoms with Gasteiger partial charge in [0, 0.05) is 19.8 Å². The molecule has 1 aliphatic heterocycles. The third-order valence-electron chi connectivity index (χ3n) is 2.93. The number of aromatic nitrogens is 2. The molecule has 2 heterocycles. The van der Waals surface area contributed by atoms with Crippen molar-refractivity contribution in [3.05, 3.63) is 6.33 Å². The van der Waals surface area contributed by atoms with Gasteiger partial charge in [-0.1, -0.05) is 0 Å². The fourth-order valence-electron chi connectivity index (χ4n) is 1.91. The van der Waals surface area contributed by atoms with Gasteiger partial charge in [-0.15, -0.1) is 0 Å². The molecule has 0 atom stereocenters.